The van der Waals surface area contributed by atoms with Crippen LogP contribution in [0.3, 0.4) is 0 Å². The zero-order chi connectivity index (χ0) is 17.2. The highest BCUT2D eigenvalue weighted by atomic mass is 32.2. The lowest BCUT2D eigenvalue weighted by molar-refractivity contribution is 0.346. The highest BCUT2D eigenvalue weighted by Crippen LogP contribution is 2.20. The van der Waals surface area contributed by atoms with Gasteiger partial charge in [0.1, 0.15) is 5.82 Å². The highest BCUT2D eigenvalue weighted by Gasteiger charge is 2.26. The van der Waals surface area contributed by atoms with E-state index in [4.69, 9.17) is 0 Å². The zero-order valence-corrected chi connectivity index (χ0v) is 14.0. The molecule has 3 rings (SSSR count). The van der Waals surface area contributed by atoms with Crippen LogP contribution >= 0.6 is 0 Å². The lowest BCUT2D eigenvalue weighted by Crippen LogP contribution is -2.36. The molecule has 2 aromatic rings. The van der Waals surface area contributed by atoms with E-state index < -0.39 is 15.8 Å². The van der Waals surface area contributed by atoms with Crippen LogP contribution in [-0.2, 0) is 16.6 Å². The number of hydrogen-bond acceptors (Lipinski definition) is 3. The van der Waals surface area contributed by atoms with Gasteiger partial charge in [0.2, 0.25) is 10.0 Å². The van der Waals surface area contributed by atoms with Crippen molar-refractivity contribution in [2.45, 2.75) is 30.7 Å². The fourth-order valence-corrected chi connectivity index (χ4v) is 4.39. The maximum absolute atomic E-state index is 13.8. The number of rotatable bonds is 4. The van der Waals surface area contributed by atoms with Gasteiger partial charge in [-0.15, -0.1) is 0 Å². The Labute approximate surface area is 140 Å². The normalized spacial score (nSPS) is 16.2. The van der Waals surface area contributed by atoms with Crippen LogP contribution in [-0.4, -0.2) is 30.4 Å². The van der Waals surface area contributed by atoms with Crippen molar-refractivity contribution in [2.75, 3.05) is 13.1 Å². The summed E-state index contributed by atoms with van der Waals surface area (Å²) >= 11 is 0. The molecule has 1 aromatic carbocycles. The Morgan fingerprint density at radius 2 is 1.71 bits per heavy atom. The third kappa shape index (κ3) is 3.42. The molecule has 2 heterocycles. The van der Waals surface area contributed by atoms with Gasteiger partial charge in [-0.2, -0.15) is 4.31 Å². The molecule has 0 saturated carbocycles. The van der Waals surface area contributed by atoms with E-state index >= 15 is 0 Å². The quantitative estimate of drug-likeness (QED) is 0.849. The van der Waals surface area contributed by atoms with Gasteiger partial charge < -0.3 is 4.57 Å². The maximum Gasteiger partial charge on any atom is 0.250 e. The molecule has 0 bridgehead atoms. The zero-order valence-electron chi connectivity index (χ0n) is 13.2. The summed E-state index contributed by atoms with van der Waals surface area (Å²) in [4.78, 5) is 12.1. The molecule has 0 radical (unpaired) electrons. The molecule has 24 heavy (non-hydrogen) atoms. The van der Waals surface area contributed by atoms with Crippen LogP contribution in [0.5, 0.6) is 0 Å². The van der Waals surface area contributed by atoms with Crippen LogP contribution in [0.2, 0.25) is 0 Å². The Kier molecular flexibility index (Phi) is 4.82. The summed E-state index contributed by atoms with van der Waals surface area (Å²) in [5.41, 5.74) is -0.0250. The number of benzene rings is 1. The van der Waals surface area contributed by atoms with Crippen molar-refractivity contribution in [3.8, 4) is 0 Å². The van der Waals surface area contributed by atoms with Crippen molar-refractivity contribution >= 4 is 10.0 Å². The van der Waals surface area contributed by atoms with Crippen LogP contribution in [0.15, 0.2) is 52.3 Å². The molecule has 0 atom stereocenters. The van der Waals surface area contributed by atoms with E-state index in [1.807, 2.05) is 0 Å². The molecule has 1 aromatic heterocycles. The van der Waals surface area contributed by atoms with Crippen molar-refractivity contribution in [1.29, 1.82) is 0 Å². The second-order valence-electron chi connectivity index (χ2n) is 5.89. The highest BCUT2D eigenvalue weighted by molar-refractivity contribution is 7.89. The summed E-state index contributed by atoms with van der Waals surface area (Å²) in [5.74, 6) is -0.423. The first kappa shape index (κ1) is 16.9. The van der Waals surface area contributed by atoms with E-state index in [0.717, 1.165) is 19.3 Å². The summed E-state index contributed by atoms with van der Waals surface area (Å²) < 4.78 is 41.9. The summed E-state index contributed by atoms with van der Waals surface area (Å²) in [6, 6.07) is 8.68. The molecule has 0 unspecified atom stereocenters. The van der Waals surface area contributed by atoms with Crippen molar-refractivity contribution in [1.82, 2.24) is 8.87 Å². The maximum atomic E-state index is 13.8. The SMILES string of the molecule is O=c1ccc(S(=O)(=O)N2CCCCC2)cn1Cc1ccccc1F. The minimum atomic E-state index is -3.62. The molecule has 0 aliphatic carbocycles. The molecule has 1 saturated heterocycles. The minimum absolute atomic E-state index is 0.00509. The molecular formula is C17H19FN2O3S. The lowest BCUT2D eigenvalue weighted by Gasteiger charge is -2.26. The molecule has 128 valence electrons. The van der Waals surface area contributed by atoms with E-state index in [0.29, 0.717) is 18.7 Å². The molecule has 7 heteroatoms. The van der Waals surface area contributed by atoms with Crippen molar-refractivity contribution in [2.24, 2.45) is 0 Å². The fourth-order valence-electron chi connectivity index (χ4n) is 2.85. The average molecular weight is 350 g/mol. The van der Waals surface area contributed by atoms with E-state index in [9.17, 15) is 17.6 Å². The van der Waals surface area contributed by atoms with Gasteiger partial charge >= 0.3 is 0 Å². The Bertz CT molecular complexity index is 887. The van der Waals surface area contributed by atoms with Gasteiger partial charge in [0.25, 0.3) is 5.56 Å². The Morgan fingerprint density at radius 1 is 1.00 bits per heavy atom. The first-order chi connectivity index (χ1) is 11.5. The second kappa shape index (κ2) is 6.86. The molecule has 1 fully saturated rings. The third-order valence-corrected chi connectivity index (χ3v) is 6.09. The lowest BCUT2D eigenvalue weighted by atomic mass is 10.2. The Balaban J connectivity index is 1.94. The molecule has 1 aliphatic heterocycles. The number of nitrogens with zero attached hydrogens (tertiary/aromatic N) is 2. The third-order valence-electron chi connectivity index (χ3n) is 4.21. The summed E-state index contributed by atoms with van der Waals surface area (Å²) in [6.07, 6.45) is 4.01. The van der Waals surface area contributed by atoms with Gasteiger partial charge in [-0.05, 0) is 25.0 Å². The monoisotopic (exact) mass is 350 g/mol. The topological polar surface area (TPSA) is 59.4 Å². The number of aromatic nitrogens is 1. The van der Waals surface area contributed by atoms with Crippen LogP contribution in [0.1, 0.15) is 24.8 Å². The Morgan fingerprint density at radius 3 is 2.42 bits per heavy atom. The number of pyridine rings is 1. The summed E-state index contributed by atoms with van der Waals surface area (Å²) in [6.45, 7) is 0.985. The van der Waals surface area contributed by atoms with Crippen molar-refractivity contribution < 1.29 is 12.8 Å². The van der Waals surface area contributed by atoms with Crippen LogP contribution < -0.4 is 5.56 Å². The average Bonchev–Trinajstić information content (AvgIpc) is 2.59. The van der Waals surface area contributed by atoms with Crippen LogP contribution in [0.25, 0.3) is 0 Å². The molecular weight excluding hydrogens is 331 g/mol. The Hall–Kier alpha value is -1.99. The van der Waals surface area contributed by atoms with Gasteiger partial charge in [-0.3, -0.25) is 4.79 Å². The second-order valence-corrected chi connectivity index (χ2v) is 7.83. The standard InChI is InChI=1S/C17H19FN2O3S/c18-16-7-3-2-6-14(16)12-19-13-15(8-9-17(19)21)24(22,23)20-10-4-1-5-11-20/h2-3,6-9,13H,1,4-5,10-12H2. The number of piperidine rings is 1. The summed E-state index contributed by atoms with van der Waals surface area (Å²) in [5, 5.41) is 0. The van der Waals surface area contributed by atoms with Crippen molar-refractivity contribution in [3.63, 3.8) is 0 Å². The molecule has 0 N–H and O–H groups in total. The number of sulfonamides is 1. The first-order valence-corrected chi connectivity index (χ1v) is 9.36. The van der Waals surface area contributed by atoms with Gasteiger partial charge in [-0.1, -0.05) is 24.6 Å². The van der Waals surface area contributed by atoms with E-state index in [1.54, 1.807) is 18.2 Å². The van der Waals surface area contributed by atoms with Gasteiger partial charge in [-0.25, -0.2) is 12.8 Å². The predicted octanol–water partition coefficient (Wildman–Crippen LogP) is 2.21. The van der Waals surface area contributed by atoms with Gasteiger partial charge in [0.05, 0.1) is 11.4 Å². The van der Waals surface area contributed by atoms with E-state index in [1.165, 1.54) is 33.3 Å². The van der Waals surface area contributed by atoms with Crippen LogP contribution in [0, 0.1) is 5.82 Å². The van der Waals surface area contributed by atoms with E-state index in [-0.39, 0.29) is 17.0 Å². The van der Waals surface area contributed by atoms with Gasteiger partial charge in [0.15, 0.2) is 0 Å². The number of hydrogen-bond donors (Lipinski definition) is 0. The van der Waals surface area contributed by atoms with E-state index in [2.05, 4.69) is 0 Å². The first-order valence-electron chi connectivity index (χ1n) is 7.92. The largest absolute Gasteiger partial charge is 0.310 e. The minimum Gasteiger partial charge on any atom is -0.310 e. The summed E-state index contributed by atoms with van der Waals surface area (Å²) in [7, 11) is -3.62. The predicted molar refractivity (Wildman–Crippen MR) is 88.8 cm³/mol. The molecule has 0 amide bonds. The fraction of sp³-hybridized carbons (Fsp3) is 0.353. The van der Waals surface area contributed by atoms with Gasteiger partial charge in [0, 0.05) is 30.9 Å². The number of halogens is 1. The molecule has 0 spiro atoms. The molecule has 5 nitrogen and oxygen atoms in total. The molecule has 1 aliphatic rings. The van der Waals surface area contributed by atoms with Crippen LogP contribution in [0.4, 0.5) is 4.39 Å². The smallest absolute Gasteiger partial charge is 0.250 e. The van der Waals surface area contributed by atoms with Crippen molar-refractivity contribution in [3.05, 3.63) is 64.3 Å².